The van der Waals surface area contributed by atoms with Gasteiger partial charge in [-0.25, -0.2) is 18.2 Å². The van der Waals surface area contributed by atoms with Crippen molar-refractivity contribution < 1.29 is 35.8 Å². The van der Waals surface area contributed by atoms with Crippen LogP contribution < -0.4 is 5.73 Å². The van der Waals surface area contributed by atoms with Gasteiger partial charge in [0.1, 0.15) is 36.4 Å². The molecule has 0 spiro atoms. The van der Waals surface area contributed by atoms with E-state index in [1.807, 2.05) is 4.90 Å². The molecule has 0 radical (unpaired) electrons. The minimum atomic E-state index is -4.95. The Hall–Kier alpha value is -2.84. The van der Waals surface area contributed by atoms with Gasteiger partial charge in [0.25, 0.3) is 0 Å². The lowest BCUT2D eigenvalue weighted by atomic mass is 9.90. The molecule has 6 aliphatic heterocycles. The van der Waals surface area contributed by atoms with E-state index in [1.54, 1.807) is 4.90 Å². The smallest absolute Gasteiger partial charge is 0.418 e. The van der Waals surface area contributed by atoms with Crippen LogP contribution >= 0.6 is 11.6 Å². The Bertz CT molecular complexity index is 1470. The van der Waals surface area contributed by atoms with Gasteiger partial charge in [-0.3, -0.25) is 4.90 Å². The first-order valence-electron chi connectivity index (χ1n) is 14.3. The van der Waals surface area contributed by atoms with Crippen molar-refractivity contribution in [1.29, 1.82) is 0 Å². The molecule has 0 aliphatic carbocycles. The van der Waals surface area contributed by atoms with Crippen LogP contribution in [0.15, 0.2) is 38.6 Å². The number of dihydropyridines is 1. The highest BCUT2D eigenvalue weighted by atomic mass is 35.5. The fourth-order valence-corrected chi connectivity index (χ4v) is 7.77. The van der Waals surface area contributed by atoms with E-state index in [0.29, 0.717) is 19.4 Å². The lowest BCUT2D eigenvalue weighted by Crippen LogP contribution is -2.51. The number of anilines is 1. The summed E-state index contributed by atoms with van der Waals surface area (Å²) in [5, 5.41) is -0.709. The van der Waals surface area contributed by atoms with Crippen LogP contribution in [0.3, 0.4) is 0 Å². The fraction of sp³-hybridized carbons (Fsp3) is 0.607. The van der Waals surface area contributed by atoms with E-state index in [0.717, 1.165) is 25.1 Å². The summed E-state index contributed by atoms with van der Waals surface area (Å²) in [6, 6.07) is 1.37. The summed E-state index contributed by atoms with van der Waals surface area (Å²) in [7, 11) is 0. The Morgan fingerprint density at radius 1 is 1.16 bits per heavy atom. The Morgan fingerprint density at radius 3 is 2.77 bits per heavy atom. The zero-order valence-corrected chi connectivity index (χ0v) is 23.6. The first-order valence-corrected chi connectivity index (χ1v) is 14.7. The van der Waals surface area contributed by atoms with Crippen molar-refractivity contribution in [3.05, 3.63) is 39.8 Å². The number of rotatable bonds is 3. The Morgan fingerprint density at radius 2 is 1.98 bits per heavy atom. The van der Waals surface area contributed by atoms with Gasteiger partial charge in [-0.05, 0) is 37.9 Å². The third-order valence-corrected chi connectivity index (χ3v) is 9.55. The van der Waals surface area contributed by atoms with E-state index in [2.05, 4.69) is 15.0 Å². The molecule has 0 saturated carbocycles. The number of aliphatic imine (C=N–C) groups is 3. The largest absolute Gasteiger partial charge is 0.461 e. The maximum Gasteiger partial charge on any atom is 0.418 e. The molecule has 2 N–H and O–H groups in total. The Labute approximate surface area is 248 Å². The predicted octanol–water partition coefficient (Wildman–Crippen LogP) is 5.06. The minimum Gasteiger partial charge on any atom is -0.461 e. The fourth-order valence-electron chi connectivity index (χ4n) is 7.43. The van der Waals surface area contributed by atoms with Crippen LogP contribution in [-0.2, 0) is 15.7 Å². The van der Waals surface area contributed by atoms with Crippen molar-refractivity contribution in [3.8, 4) is 0 Å². The Kier molecular flexibility index (Phi) is 6.97. The average Bonchev–Trinajstić information content (AvgIpc) is 3.57. The number of allylic oxidation sites excluding steroid dienone is 1. The van der Waals surface area contributed by atoms with E-state index < -0.39 is 63.9 Å². The van der Waals surface area contributed by atoms with Crippen molar-refractivity contribution >= 4 is 34.9 Å². The topological polar surface area (TPSA) is 88.0 Å². The minimum absolute atomic E-state index is 0.00420. The monoisotopic (exact) mass is 630 g/mol. The van der Waals surface area contributed by atoms with Gasteiger partial charge < -0.3 is 20.1 Å². The summed E-state index contributed by atoms with van der Waals surface area (Å²) in [5.41, 5.74) is 2.24. The summed E-state index contributed by atoms with van der Waals surface area (Å²) in [4.78, 5) is 17.0. The number of amidine groups is 2. The maximum atomic E-state index is 16.5. The second-order valence-corrected chi connectivity index (χ2v) is 12.4. The van der Waals surface area contributed by atoms with Crippen LogP contribution in [0.25, 0.3) is 0 Å². The lowest BCUT2D eigenvalue weighted by molar-refractivity contribution is -0.137. The third kappa shape index (κ3) is 4.89. The number of nitrogen functional groups attached to an aromatic ring is 1. The van der Waals surface area contributed by atoms with Crippen LogP contribution in [-0.4, -0.2) is 90.4 Å². The van der Waals surface area contributed by atoms with E-state index in [1.165, 1.54) is 0 Å². The quantitative estimate of drug-likeness (QED) is 0.373. The SMILES string of the molecule is Nc1cc(Cl)c(C(F)(F)F)c(C2=NC3OCCC4CC(F)CN4C4=NC(OC[C@@]56CCCN5C[C@H](F)C6)=NC(=C2F)C43)c1. The third-order valence-electron chi connectivity index (χ3n) is 9.25. The maximum absolute atomic E-state index is 16.5. The van der Waals surface area contributed by atoms with Gasteiger partial charge in [0, 0.05) is 36.7 Å². The molecule has 0 bridgehead atoms. The van der Waals surface area contributed by atoms with Gasteiger partial charge in [0.15, 0.2) is 12.1 Å². The number of nitrogens with two attached hydrogens (primary N) is 1. The number of hydrogen-bond donors (Lipinski definition) is 1. The molecule has 6 heterocycles. The number of alkyl halides is 5. The van der Waals surface area contributed by atoms with Gasteiger partial charge in [-0.15, -0.1) is 0 Å². The van der Waals surface area contributed by atoms with Gasteiger partial charge in [-0.1, -0.05) is 11.6 Å². The molecule has 7 rings (SSSR count). The molecule has 4 saturated heterocycles. The van der Waals surface area contributed by atoms with Gasteiger partial charge >= 0.3 is 12.2 Å². The molecule has 4 unspecified atom stereocenters. The molecule has 4 fully saturated rings. The van der Waals surface area contributed by atoms with Gasteiger partial charge in [0.2, 0.25) is 0 Å². The number of halogens is 7. The van der Waals surface area contributed by atoms with Crippen molar-refractivity contribution in [1.82, 2.24) is 9.80 Å². The van der Waals surface area contributed by atoms with Crippen LogP contribution in [0.1, 0.15) is 43.2 Å². The molecular weight excluding hydrogens is 602 g/mol. The molecule has 0 aromatic heterocycles. The van der Waals surface area contributed by atoms with Gasteiger partial charge in [-0.2, -0.15) is 23.2 Å². The van der Waals surface area contributed by atoms with Crippen molar-refractivity contribution in [2.45, 2.75) is 68.4 Å². The van der Waals surface area contributed by atoms with E-state index >= 15 is 4.39 Å². The zero-order valence-electron chi connectivity index (χ0n) is 22.9. The first kappa shape index (κ1) is 28.9. The van der Waals surface area contributed by atoms with E-state index in [-0.39, 0.29) is 61.9 Å². The zero-order chi connectivity index (χ0) is 30.3. The number of nitrogens with zero attached hydrogens (tertiary/aromatic N) is 5. The van der Waals surface area contributed by atoms with E-state index in [9.17, 15) is 22.0 Å². The van der Waals surface area contributed by atoms with Crippen molar-refractivity contribution in [2.24, 2.45) is 20.9 Å². The van der Waals surface area contributed by atoms with Gasteiger partial charge in [0.05, 0.1) is 35.0 Å². The lowest BCUT2D eigenvalue weighted by Gasteiger charge is -2.40. The molecule has 8 nitrogen and oxygen atoms in total. The van der Waals surface area contributed by atoms with Crippen LogP contribution in [0, 0.1) is 5.92 Å². The standard InChI is InChI=1S/C28H29ClF6N6O2/c29-18-8-15(36)7-17(20(18)28(33,34)35)22-21(32)23-19-24(41-11-13(30)6-16(41)2-5-42-25(19)37-22)39-26(38-23)43-12-27-3-1-4-40(27)10-14(31)9-27/h7-8,13-14,16,19,25H,1-6,9-12,36H2/t13?,14-,16?,19?,25?,27+/m1/s1. The molecule has 6 atom stereocenters. The highest BCUT2D eigenvalue weighted by molar-refractivity contribution is 6.32. The second-order valence-electron chi connectivity index (χ2n) is 12.0. The summed E-state index contributed by atoms with van der Waals surface area (Å²) in [6.07, 6.45) is -5.86. The van der Waals surface area contributed by atoms with Crippen LogP contribution in [0.2, 0.25) is 5.02 Å². The van der Waals surface area contributed by atoms with Crippen molar-refractivity contribution in [2.75, 3.05) is 38.6 Å². The molecule has 1 aromatic rings. The summed E-state index contributed by atoms with van der Waals surface area (Å²) >= 11 is 5.97. The molecular formula is C28H29ClF6N6O2. The summed E-state index contributed by atoms with van der Waals surface area (Å²) < 4.78 is 100. The molecule has 1 aromatic carbocycles. The van der Waals surface area contributed by atoms with E-state index in [4.69, 9.17) is 26.8 Å². The normalized spacial score (nSPS) is 34.2. The molecule has 6 aliphatic rings. The summed E-state index contributed by atoms with van der Waals surface area (Å²) in [5.74, 6) is -1.98. The highest BCUT2D eigenvalue weighted by Crippen LogP contribution is 2.45. The average molecular weight is 631 g/mol. The number of benzene rings is 1. The highest BCUT2D eigenvalue weighted by Gasteiger charge is 2.51. The molecule has 0 amide bonds. The van der Waals surface area contributed by atoms with Crippen molar-refractivity contribution in [3.63, 3.8) is 0 Å². The Balaban J connectivity index is 1.33. The van der Waals surface area contributed by atoms with Crippen LogP contribution in [0.4, 0.5) is 32.0 Å². The van der Waals surface area contributed by atoms with Crippen LogP contribution in [0.5, 0.6) is 0 Å². The molecule has 43 heavy (non-hydrogen) atoms. The number of ether oxygens (including phenoxy) is 2. The number of hydrogen-bond acceptors (Lipinski definition) is 8. The predicted molar refractivity (Wildman–Crippen MR) is 147 cm³/mol. The molecule has 15 heteroatoms. The second kappa shape index (κ2) is 10.4. The number of fused-ring (bicyclic) bond motifs is 3. The first-order chi connectivity index (χ1) is 20.4. The summed E-state index contributed by atoms with van der Waals surface area (Å²) in [6.45, 7) is 1.16. The molecule has 232 valence electrons.